The van der Waals surface area contributed by atoms with Crippen molar-refractivity contribution in [3.05, 3.63) is 47.9 Å². The van der Waals surface area contributed by atoms with Crippen molar-refractivity contribution >= 4 is 5.69 Å². The molecule has 0 spiro atoms. The van der Waals surface area contributed by atoms with Gasteiger partial charge in [0.15, 0.2) is 0 Å². The van der Waals surface area contributed by atoms with Gasteiger partial charge in [0.1, 0.15) is 11.5 Å². The Morgan fingerprint density at radius 1 is 1.39 bits per heavy atom. The van der Waals surface area contributed by atoms with Crippen LogP contribution in [0.1, 0.15) is 24.3 Å². The minimum atomic E-state index is 0.0295. The number of ether oxygens (including phenoxy) is 1. The Labute approximate surface area is 106 Å². The van der Waals surface area contributed by atoms with Crippen molar-refractivity contribution in [3.63, 3.8) is 0 Å². The highest BCUT2D eigenvalue weighted by atomic mass is 16.5. The van der Waals surface area contributed by atoms with Crippen LogP contribution in [-0.2, 0) is 0 Å². The van der Waals surface area contributed by atoms with Crippen LogP contribution in [0, 0.1) is 11.3 Å². The number of nitrogens with zero attached hydrogens (tertiary/aromatic N) is 1. The molecule has 0 saturated carbocycles. The average molecular weight is 242 g/mol. The number of hydrogen-bond donors (Lipinski definition) is 1. The molecule has 1 N–H and O–H groups in total. The lowest BCUT2D eigenvalue weighted by Crippen LogP contribution is -2.06. The van der Waals surface area contributed by atoms with Gasteiger partial charge in [0.05, 0.1) is 36.7 Å². The second kappa shape index (κ2) is 5.28. The summed E-state index contributed by atoms with van der Waals surface area (Å²) in [6.45, 7) is 2.00. The molecule has 1 unspecified atom stereocenters. The molecule has 4 heteroatoms. The van der Waals surface area contributed by atoms with Gasteiger partial charge in [-0.1, -0.05) is 0 Å². The van der Waals surface area contributed by atoms with E-state index in [4.69, 9.17) is 14.4 Å². The number of anilines is 1. The minimum absolute atomic E-state index is 0.0295. The summed E-state index contributed by atoms with van der Waals surface area (Å²) >= 11 is 0. The fourth-order valence-electron chi connectivity index (χ4n) is 1.72. The second-order valence-electron chi connectivity index (χ2n) is 3.91. The number of rotatable bonds is 4. The number of benzene rings is 1. The van der Waals surface area contributed by atoms with Gasteiger partial charge in [0.25, 0.3) is 0 Å². The lowest BCUT2D eigenvalue weighted by atomic mass is 10.1. The maximum absolute atomic E-state index is 8.84. The van der Waals surface area contributed by atoms with Gasteiger partial charge < -0.3 is 14.5 Å². The largest absolute Gasteiger partial charge is 0.495 e. The number of nitriles is 1. The number of hydrogen-bond acceptors (Lipinski definition) is 4. The van der Waals surface area contributed by atoms with Crippen LogP contribution in [0.4, 0.5) is 5.69 Å². The number of furan rings is 1. The predicted molar refractivity (Wildman–Crippen MR) is 68.5 cm³/mol. The Bertz CT molecular complexity index is 556. The van der Waals surface area contributed by atoms with Gasteiger partial charge in [0, 0.05) is 6.07 Å². The zero-order chi connectivity index (χ0) is 13.0. The summed E-state index contributed by atoms with van der Waals surface area (Å²) in [5, 5.41) is 12.1. The Kier molecular flexibility index (Phi) is 3.54. The van der Waals surface area contributed by atoms with Crippen LogP contribution < -0.4 is 10.1 Å². The first-order chi connectivity index (χ1) is 8.74. The molecule has 2 aromatic rings. The first kappa shape index (κ1) is 12.1. The summed E-state index contributed by atoms with van der Waals surface area (Å²) in [4.78, 5) is 0. The molecule has 18 heavy (non-hydrogen) atoms. The van der Waals surface area contributed by atoms with Crippen molar-refractivity contribution in [2.75, 3.05) is 12.4 Å². The number of methoxy groups -OCH3 is 1. The Morgan fingerprint density at radius 2 is 2.22 bits per heavy atom. The van der Waals surface area contributed by atoms with Crippen LogP contribution in [0.15, 0.2) is 41.0 Å². The third kappa shape index (κ3) is 2.46. The van der Waals surface area contributed by atoms with Crippen molar-refractivity contribution in [1.82, 2.24) is 0 Å². The van der Waals surface area contributed by atoms with E-state index in [1.54, 1.807) is 25.5 Å². The molecular weight excluding hydrogens is 228 g/mol. The summed E-state index contributed by atoms with van der Waals surface area (Å²) in [5.74, 6) is 1.49. The van der Waals surface area contributed by atoms with Gasteiger partial charge in [0.2, 0.25) is 0 Å². The van der Waals surface area contributed by atoms with E-state index in [9.17, 15) is 0 Å². The fraction of sp³-hybridized carbons (Fsp3) is 0.214. The van der Waals surface area contributed by atoms with Crippen LogP contribution in [0.2, 0.25) is 0 Å². The van der Waals surface area contributed by atoms with Crippen molar-refractivity contribution in [3.8, 4) is 11.8 Å². The lowest BCUT2D eigenvalue weighted by Gasteiger charge is -2.15. The van der Waals surface area contributed by atoms with E-state index in [2.05, 4.69) is 11.4 Å². The van der Waals surface area contributed by atoms with Gasteiger partial charge >= 0.3 is 0 Å². The Balaban J connectivity index is 2.21. The zero-order valence-corrected chi connectivity index (χ0v) is 10.3. The molecule has 0 saturated heterocycles. The molecule has 0 aliphatic heterocycles. The monoisotopic (exact) mass is 242 g/mol. The highest BCUT2D eigenvalue weighted by Crippen LogP contribution is 2.29. The van der Waals surface area contributed by atoms with Crippen molar-refractivity contribution in [2.24, 2.45) is 0 Å². The van der Waals surface area contributed by atoms with E-state index in [0.29, 0.717) is 11.3 Å². The van der Waals surface area contributed by atoms with Crippen LogP contribution in [0.25, 0.3) is 0 Å². The molecule has 2 rings (SSSR count). The quantitative estimate of drug-likeness (QED) is 0.893. The first-order valence-corrected chi connectivity index (χ1v) is 5.62. The van der Waals surface area contributed by atoms with Crippen LogP contribution in [-0.4, -0.2) is 7.11 Å². The van der Waals surface area contributed by atoms with E-state index >= 15 is 0 Å². The highest BCUT2D eigenvalue weighted by Gasteiger charge is 2.11. The average Bonchev–Trinajstić information content (AvgIpc) is 2.93. The van der Waals surface area contributed by atoms with E-state index in [1.807, 2.05) is 25.1 Å². The standard InChI is InChI=1S/C14H14N2O2/c1-10(13-4-3-7-18-13)16-12-6-5-11(9-15)8-14(12)17-2/h3-8,10,16H,1-2H3. The van der Waals surface area contributed by atoms with E-state index < -0.39 is 0 Å². The van der Waals surface area contributed by atoms with Crippen molar-refractivity contribution in [2.45, 2.75) is 13.0 Å². The third-order valence-electron chi connectivity index (χ3n) is 2.67. The van der Waals surface area contributed by atoms with Crippen LogP contribution >= 0.6 is 0 Å². The smallest absolute Gasteiger partial charge is 0.143 e. The molecule has 0 bridgehead atoms. The van der Waals surface area contributed by atoms with E-state index in [0.717, 1.165) is 11.4 Å². The molecule has 0 fully saturated rings. The van der Waals surface area contributed by atoms with Gasteiger partial charge in [-0.15, -0.1) is 0 Å². The Hall–Kier alpha value is -2.41. The molecule has 0 amide bonds. The second-order valence-corrected chi connectivity index (χ2v) is 3.91. The third-order valence-corrected chi connectivity index (χ3v) is 2.67. The van der Waals surface area contributed by atoms with E-state index in [-0.39, 0.29) is 6.04 Å². The minimum Gasteiger partial charge on any atom is -0.495 e. The van der Waals surface area contributed by atoms with Crippen molar-refractivity contribution in [1.29, 1.82) is 5.26 Å². The summed E-state index contributed by atoms with van der Waals surface area (Å²) in [6, 6.07) is 11.2. The molecule has 0 aliphatic carbocycles. The summed E-state index contributed by atoms with van der Waals surface area (Å²) in [5.41, 5.74) is 1.41. The molecular formula is C14H14N2O2. The molecule has 1 aromatic heterocycles. The maximum atomic E-state index is 8.84. The van der Waals surface area contributed by atoms with Crippen molar-refractivity contribution < 1.29 is 9.15 Å². The summed E-state index contributed by atoms with van der Waals surface area (Å²) < 4.78 is 10.6. The molecule has 1 atom stereocenters. The van der Waals surface area contributed by atoms with Crippen LogP contribution in [0.3, 0.4) is 0 Å². The molecule has 0 radical (unpaired) electrons. The van der Waals surface area contributed by atoms with Gasteiger partial charge in [-0.3, -0.25) is 0 Å². The maximum Gasteiger partial charge on any atom is 0.143 e. The topological polar surface area (TPSA) is 58.2 Å². The predicted octanol–water partition coefficient (Wildman–Crippen LogP) is 3.33. The molecule has 1 aromatic carbocycles. The number of nitrogens with one attached hydrogen (secondary N) is 1. The first-order valence-electron chi connectivity index (χ1n) is 5.62. The fourth-order valence-corrected chi connectivity index (χ4v) is 1.72. The molecule has 0 aliphatic rings. The summed E-state index contributed by atoms with van der Waals surface area (Å²) in [6.07, 6.45) is 1.64. The molecule has 4 nitrogen and oxygen atoms in total. The Morgan fingerprint density at radius 3 is 2.83 bits per heavy atom. The highest BCUT2D eigenvalue weighted by molar-refractivity contribution is 5.60. The van der Waals surface area contributed by atoms with Gasteiger partial charge in [-0.2, -0.15) is 5.26 Å². The SMILES string of the molecule is COc1cc(C#N)ccc1NC(C)c1ccco1. The van der Waals surface area contributed by atoms with E-state index in [1.165, 1.54) is 0 Å². The van der Waals surface area contributed by atoms with Gasteiger partial charge in [-0.25, -0.2) is 0 Å². The molecule has 1 heterocycles. The summed E-state index contributed by atoms with van der Waals surface area (Å²) in [7, 11) is 1.58. The van der Waals surface area contributed by atoms with Crippen LogP contribution in [0.5, 0.6) is 5.75 Å². The normalized spacial score (nSPS) is 11.6. The molecule has 92 valence electrons. The van der Waals surface area contributed by atoms with Gasteiger partial charge in [-0.05, 0) is 31.2 Å². The lowest BCUT2D eigenvalue weighted by molar-refractivity contribution is 0.415. The zero-order valence-electron chi connectivity index (χ0n) is 10.3.